The Morgan fingerprint density at radius 1 is 1.11 bits per heavy atom. The van der Waals surface area contributed by atoms with Gasteiger partial charge in [0.15, 0.2) is 5.65 Å². The topological polar surface area (TPSA) is 105 Å². The molecule has 3 fully saturated rings. The van der Waals surface area contributed by atoms with Crippen molar-refractivity contribution in [3.05, 3.63) is 47.1 Å². The highest BCUT2D eigenvalue weighted by Gasteiger charge is 2.39. The number of fused-ring (bicyclic) bond motifs is 1. The maximum Gasteiger partial charge on any atom is 0.264 e. The predicted molar refractivity (Wildman–Crippen MR) is 137 cm³/mol. The first-order valence-corrected chi connectivity index (χ1v) is 13.3. The summed E-state index contributed by atoms with van der Waals surface area (Å²) in [5.74, 6) is 0.397. The van der Waals surface area contributed by atoms with Crippen molar-refractivity contribution in [2.75, 3.05) is 18.4 Å². The van der Waals surface area contributed by atoms with Crippen molar-refractivity contribution in [1.29, 1.82) is 0 Å². The molecule has 2 N–H and O–H groups in total. The van der Waals surface area contributed by atoms with Gasteiger partial charge in [-0.2, -0.15) is 5.10 Å². The zero-order chi connectivity index (χ0) is 24.7. The third kappa shape index (κ3) is 4.64. The Morgan fingerprint density at radius 2 is 1.89 bits per heavy atom. The number of likely N-dealkylation sites (tertiary alicyclic amines) is 1. The van der Waals surface area contributed by atoms with E-state index in [-0.39, 0.29) is 23.9 Å². The number of aliphatic hydroxyl groups is 1. The average Bonchev–Trinajstić information content (AvgIpc) is 3.65. The Hall–Kier alpha value is -3.20. The first-order chi connectivity index (χ1) is 17.5. The van der Waals surface area contributed by atoms with E-state index in [1.165, 1.54) is 43.0 Å². The number of carbonyl (C=O) groups excluding carboxylic acids is 1. The first kappa shape index (κ1) is 23.2. The number of amides is 1. The number of benzene rings is 1. The third-order valence-corrected chi connectivity index (χ3v) is 8.02. The molecule has 36 heavy (non-hydrogen) atoms. The number of hydrogen-bond donors (Lipinski definition) is 2. The third-order valence-electron chi connectivity index (χ3n) is 8.02. The van der Waals surface area contributed by atoms with Crippen molar-refractivity contribution in [3.8, 4) is 5.69 Å². The second kappa shape index (κ2) is 9.35. The highest BCUT2D eigenvalue weighted by Crippen LogP contribution is 2.33. The highest BCUT2D eigenvalue weighted by molar-refractivity contribution is 5.81. The minimum Gasteiger partial charge on any atom is -0.388 e. The molecule has 1 aromatic carbocycles. The molecule has 0 unspecified atom stereocenters. The summed E-state index contributed by atoms with van der Waals surface area (Å²) in [6.45, 7) is 1.21. The van der Waals surface area contributed by atoms with E-state index >= 15 is 0 Å². The molecule has 1 aliphatic heterocycles. The predicted octanol–water partition coefficient (Wildman–Crippen LogP) is 3.09. The van der Waals surface area contributed by atoms with Gasteiger partial charge in [-0.25, -0.2) is 9.67 Å². The molecule has 2 aliphatic carbocycles. The van der Waals surface area contributed by atoms with E-state index in [9.17, 15) is 14.7 Å². The fourth-order valence-corrected chi connectivity index (χ4v) is 5.67. The van der Waals surface area contributed by atoms with Crippen LogP contribution in [0.4, 0.5) is 5.69 Å². The Bertz CT molecular complexity index is 1310. The van der Waals surface area contributed by atoms with Crippen LogP contribution in [0, 0.1) is 5.92 Å². The number of piperidine rings is 1. The van der Waals surface area contributed by atoms with Gasteiger partial charge in [-0.15, -0.1) is 0 Å². The fraction of sp³-hybridized carbons (Fsp3) is 0.556. The summed E-state index contributed by atoms with van der Waals surface area (Å²) in [4.78, 5) is 32.0. The molecule has 1 amide bonds. The zero-order valence-corrected chi connectivity index (χ0v) is 20.6. The number of rotatable bonds is 6. The van der Waals surface area contributed by atoms with E-state index in [0.717, 1.165) is 24.2 Å². The summed E-state index contributed by atoms with van der Waals surface area (Å²) >= 11 is 0. The normalized spacial score (nSPS) is 20.5. The molecule has 0 spiro atoms. The number of aromatic nitrogens is 4. The minimum absolute atomic E-state index is 0.159. The van der Waals surface area contributed by atoms with Gasteiger partial charge in [0.25, 0.3) is 5.56 Å². The van der Waals surface area contributed by atoms with Gasteiger partial charge in [0.1, 0.15) is 11.7 Å². The first-order valence-electron chi connectivity index (χ1n) is 13.3. The lowest BCUT2D eigenvalue weighted by molar-refractivity contribution is -0.137. The van der Waals surface area contributed by atoms with Gasteiger partial charge in [-0.3, -0.25) is 14.2 Å². The van der Waals surface area contributed by atoms with Crippen molar-refractivity contribution in [2.24, 2.45) is 5.92 Å². The smallest absolute Gasteiger partial charge is 0.264 e. The van der Waals surface area contributed by atoms with Gasteiger partial charge in [0.05, 0.1) is 24.0 Å². The quantitative estimate of drug-likeness (QED) is 0.550. The summed E-state index contributed by atoms with van der Waals surface area (Å²) < 4.78 is 3.18. The molecule has 3 heterocycles. The SMILES string of the molecule is O=C(C1CC1)N1CCC(O)(Cn2cnc3c(cnn3-c3cccc(NC4CCCCC4)c3)c2=O)CC1. The fourth-order valence-electron chi connectivity index (χ4n) is 5.67. The van der Waals surface area contributed by atoms with Crippen LogP contribution in [-0.4, -0.2) is 60.0 Å². The summed E-state index contributed by atoms with van der Waals surface area (Å²) in [6, 6.07) is 8.57. The van der Waals surface area contributed by atoms with Crippen molar-refractivity contribution < 1.29 is 9.90 Å². The second-order valence-electron chi connectivity index (χ2n) is 10.8. The molecule has 0 bridgehead atoms. The van der Waals surface area contributed by atoms with Crippen molar-refractivity contribution in [2.45, 2.75) is 76.0 Å². The number of hydrogen-bond acceptors (Lipinski definition) is 6. The maximum atomic E-state index is 13.3. The van der Waals surface area contributed by atoms with Crippen molar-refractivity contribution >= 4 is 22.6 Å². The second-order valence-corrected chi connectivity index (χ2v) is 10.8. The molecular formula is C27H34N6O3. The van der Waals surface area contributed by atoms with Crippen LogP contribution in [0.25, 0.3) is 16.7 Å². The van der Waals surface area contributed by atoms with E-state index in [1.54, 1.807) is 10.9 Å². The minimum atomic E-state index is -1.03. The number of carbonyl (C=O) groups is 1. The lowest BCUT2D eigenvalue weighted by atomic mass is 9.91. The van der Waals surface area contributed by atoms with Crippen LogP contribution in [0.2, 0.25) is 0 Å². The van der Waals surface area contributed by atoms with Crippen LogP contribution in [0.3, 0.4) is 0 Å². The zero-order valence-electron chi connectivity index (χ0n) is 20.6. The molecule has 3 aromatic rings. The largest absolute Gasteiger partial charge is 0.388 e. The Morgan fingerprint density at radius 3 is 2.64 bits per heavy atom. The lowest BCUT2D eigenvalue weighted by Gasteiger charge is -2.38. The Labute approximate surface area is 210 Å². The average molecular weight is 491 g/mol. The number of nitrogens with one attached hydrogen (secondary N) is 1. The van der Waals surface area contributed by atoms with Crippen LogP contribution in [0.5, 0.6) is 0 Å². The van der Waals surface area contributed by atoms with Gasteiger partial charge in [0, 0.05) is 30.7 Å². The summed E-state index contributed by atoms with van der Waals surface area (Å²) in [6.07, 6.45) is 12.2. The van der Waals surface area contributed by atoms with Crippen LogP contribution >= 0.6 is 0 Å². The highest BCUT2D eigenvalue weighted by atomic mass is 16.3. The molecule has 9 nitrogen and oxygen atoms in total. The van der Waals surface area contributed by atoms with Gasteiger partial charge in [0.2, 0.25) is 5.91 Å². The summed E-state index contributed by atoms with van der Waals surface area (Å²) in [5.41, 5.74) is 1.15. The van der Waals surface area contributed by atoms with E-state index in [0.29, 0.717) is 43.0 Å². The van der Waals surface area contributed by atoms with E-state index in [4.69, 9.17) is 0 Å². The van der Waals surface area contributed by atoms with Crippen LogP contribution in [0.1, 0.15) is 57.8 Å². The van der Waals surface area contributed by atoms with Gasteiger partial charge < -0.3 is 15.3 Å². The molecular weight excluding hydrogens is 456 g/mol. The van der Waals surface area contributed by atoms with E-state index in [2.05, 4.69) is 21.5 Å². The number of nitrogens with zero attached hydrogens (tertiary/aromatic N) is 5. The number of anilines is 1. The summed E-state index contributed by atoms with van der Waals surface area (Å²) in [5, 5.41) is 19.7. The Kier molecular flexibility index (Phi) is 6.03. The molecule has 3 aliphatic rings. The van der Waals surface area contributed by atoms with Gasteiger partial charge >= 0.3 is 0 Å². The lowest BCUT2D eigenvalue weighted by Crippen LogP contribution is -2.50. The maximum absolute atomic E-state index is 13.3. The molecule has 9 heteroatoms. The summed E-state index contributed by atoms with van der Waals surface area (Å²) in [7, 11) is 0. The Balaban J connectivity index is 1.19. The molecule has 1 saturated heterocycles. The standard InChI is InChI=1S/C27H34N6O3/c34-25(19-9-10-19)31-13-11-27(36,12-14-31)17-32-18-28-24-23(26(32)35)16-29-33(24)22-8-4-7-21(15-22)30-20-5-2-1-3-6-20/h4,7-8,15-16,18-20,30,36H,1-3,5-6,9-14,17H2. The van der Waals surface area contributed by atoms with Crippen LogP contribution < -0.4 is 10.9 Å². The van der Waals surface area contributed by atoms with Crippen molar-refractivity contribution in [1.82, 2.24) is 24.2 Å². The molecule has 0 atom stereocenters. The van der Waals surface area contributed by atoms with Crippen LogP contribution in [-0.2, 0) is 11.3 Å². The van der Waals surface area contributed by atoms with E-state index < -0.39 is 5.60 Å². The van der Waals surface area contributed by atoms with Gasteiger partial charge in [-0.1, -0.05) is 25.3 Å². The molecule has 0 radical (unpaired) electrons. The molecule has 2 aromatic heterocycles. The van der Waals surface area contributed by atoms with Crippen molar-refractivity contribution in [3.63, 3.8) is 0 Å². The van der Waals surface area contributed by atoms with Crippen LogP contribution in [0.15, 0.2) is 41.6 Å². The monoisotopic (exact) mass is 490 g/mol. The molecule has 190 valence electrons. The molecule has 6 rings (SSSR count). The van der Waals surface area contributed by atoms with E-state index in [1.807, 2.05) is 23.1 Å². The van der Waals surface area contributed by atoms with Gasteiger partial charge in [-0.05, 0) is 56.7 Å². The molecule has 2 saturated carbocycles.